The Kier molecular flexibility index (Phi) is 5.97. The molecule has 0 saturated carbocycles. The molecule has 2 aromatic rings. The maximum atomic E-state index is 12.5. The second-order valence-electron chi connectivity index (χ2n) is 3.87. The Morgan fingerprint density at radius 1 is 1.14 bits per heavy atom. The molecule has 0 aromatic carbocycles. The summed E-state index contributed by atoms with van der Waals surface area (Å²) in [5.41, 5.74) is 5.09. The highest BCUT2D eigenvalue weighted by molar-refractivity contribution is 5.68. The predicted molar refractivity (Wildman–Crippen MR) is 79.1 cm³/mol. The van der Waals surface area contributed by atoms with Gasteiger partial charge in [-0.15, -0.1) is 0 Å². The molecule has 0 amide bonds. The van der Waals surface area contributed by atoms with Gasteiger partial charge in [-0.25, -0.2) is 9.97 Å². The Bertz CT molecular complexity index is 600. The van der Waals surface area contributed by atoms with Crippen LogP contribution in [0.1, 0.15) is 19.4 Å². The van der Waals surface area contributed by atoms with Gasteiger partial charge in [-0.2, -0.15) is 13.2 Å². The van der Waals surface area contributed by atoms with Gasteiger partial charge in [0.15, 0.2) is 5.82 Å². The number of aromatic nitrogens is 2. The van der Waals surface area contributed by atoms with Crippen molar-refractivity contribution in [3.8, 4) is 5.88 Å². The number of alkyl halides is 3. The molecule has 0 bridgehead atoms. The third-order valence-corrected chi connectivity index (χ3v) is 2.45. The predicted octanol–water partition coefficient (Wildman–Crippen LogP) is 3.86. The summed E-state index contributed by atoms with van der Waals surface area (Å²) >= 11 is 0. The maximum Gasteiger partial charge on any atom is 0.417 e. The summed E-state index contributed by atoms with van der Waals surface area (Å²) in [7, 11) is 1.48. The van der Waals surface area contributed by atoms with E-state index in [1.807, 2.05) is 13.8 Å². The fourth-order valence-corrected chi connectivity index (χ4v) is 1.45. The molecule has 2 heterocycles. The highest BCUT2D eigenvalue weighted by Gasteiger charge is 2.31. The van der Waals surface area contributed by atoms with Crippen molar-refractivity contribution >= 4 is 17.2 Å². The van der Waals surface area contributed by atoms with Crippen molar-refractivity contribution in [2.24, 2.45) is 0 Å². The number of rotatable bonds is 3. The molecular weight excluding hydrogens is 297 g/mol. The highest BCUT2D eigenvalue weighted by atomic mass is 19.4. The SMILES string of the molecule is CC.COc1ccc(Nc2ncc(C(F)(F)F)cc2N)cn1. The normalized spacial score (nSPS) is 10.5. The van der Waals surface area contributed by atoms with Crippen LogP contribution in [-0.4, -0.2) is 17.1 Å². The number of ether oxygens (including phenoxy) is 1. The largest absolute Gasteiger partial charge is 0.481 e. The average molecular weight is 314 g/mol. The maximum absolute atomic E-state index is 12.5. The molecule has 8 heteroatoms. The van der Waals surface area contributed by atoms with Crippen LogP contribution in [0.3, 0.4) is 0 Å². The van der Waals surface area contributed by atoms with Gasteiger partial charge < -0.3 is 15.8 Å². The van der Waals surface area contributed by atoms with Crippen molar-refractivity contribution in [1.82, 2.24) is 9.97 Å². The van der Waals surface area contributed by atoms with Gasteiger partial charge in [0.1, 0.15) is 0 Å². The third-order valence-electron chi connectivity index (χ3n) is 2.45. The number of pyridine rings is 2. The summed E-state index contributed by atoms with van der Waals surface area (Å²) in [5, 5.41) is 2.78. The fourth-order valence-electron chi connectivity index (χ4n) is 1.45. The van der Waals surface area contributed by atoms with Gasteiger partial charge in [0.05, 0.1) is 30.2 Å². The number of nitrogen functional groups attached to an aromatic ring is 1. The molecule has 0 aliphatic rings. The van der Waals surface area contributed by atoms with Crippen molar-refractivity contribution < 1.29 is 17.9 Å². The number of hydrogen-bond acceptors (Lipinski definition) is 5. The second-order valence-corrected chi connectivity index (χ2v) is 3.87. The fraction of sp³-hybridized carbons (Fsp3) is 0.286. The van der Waals surface area contributed by atoms with Crippen LogP contribution in [-0.2, 0) is 6.18 Å². The molecular formula is C14H17F3N4O. The summed E-state index contributed by atoms with van der Waals surface area (Å²) < 4.78 is 42.3. The van der Waals surface area contributed by atoms with E-state index in [0.717, 1.165) is 12.3 Å². The minimum absolute atomic E-state index is 0.101. The van der Waals surface area contributed by atoms with Crippen LogP contribution in [0.2, 0.25) is 0 Å². The number of nitrogens with two attached hydrogens (primary N) is 1. The van der Waals surface area contributed by atoms with Crippen LogP contribution in [0.25, 0.3) is 0 Å². The number of nitrogens with one attached hydrogen (secondary N) is 1. The van der Waals surface area contributed by atoms with Crippen LogP contribution in [0.4, 0.5) is 30.4 Å². The van der Waals surface area contributed by atoms with Crippen molar-refractivity contribution in [1.29, 1.82) is 0 Å². The van der Waals surface area contributed by atoms with Gasteiger partial charge in [0, 0.05) is 12.3 Å². The van der Waals surface area contributed by atoms with Crippen LogP contribution in [0.5, 0.6) is 5.88 Å². The zero-order valence-electron chi connectivity index (χ0n) is 12.4. The summed E-state index contributed by atoms with van der Waals surface area (Å²) in [4.78, 5) is 7.61. The lowest BCUT2D eigenvalue weighted by Crippen LogP contribution is -2.08. The Balaban J connectivity index is 0.00000116. The summed E-state index contributed by atoms with van der Waals surface area (Å²) in [6.45, 7) is 4.00. The molecule has 0 saturated heterocycles. The van der Waals surface area contributed by atoms with E-state index in [2.05, 4.69) is 15.3 Å². The van der Waals surface area contributed by atoms with E-state index in [1.54, 1.807) is 12.1 Å². The topological polar surface area (TPSA) is 73.1 Å². The smallest absolute Gasteiger partial charge is 0.417 e. The molecule has 0 unspecified atom stereocenters. The standard InChI is InChI=1S/C12H11F3N4O.C2H6/c1-20-10-3-2-8(6-17-10)19-11-9(16)4-7(5-18-11)12(13,14)15;1-2/h2-6H,16H2,1H3,(H,18,19);1-2H3. The van der Waals surface area contributed by atoms with Crippen molar-refractivity contribution in [3.63, 3.8) is 0 Å². The number of nitrogens with zero attached hydrogens (tertiary/aromatic N) is 2. The van der Waals surface area contributed by atoms with E-state index >= 15 is 0 Å². The molecule has 0 aliphatic heterocycles. The molecule has 0 aliphatic carbocycles. The van der Waals surface area contributed by atoms with Crippen LogP contribution >= 0.6 is 0 Å². The zero-order valence-corrected chi connectivity index (χ0v) is 12.4. The van der Waals surface area contributed by atoms with Crippen molar-refractivity contribution in [2.45, 2.75) is 20.0 Å². The molecule has 0 fully saturated rings. The van der Waals surface area contributed by atoms with Crippen molar-refractivity contribution in [3.05, 3.63) is 36.2 Å². The van der Waals surface area contributed by atoms with Gasteiger partial charge in [-0.1, -0.05) is 13.8 Å². The van der Waals surface area contributed by atoms with E-state index in [0.29, 0.717) is 11.6 Å². The number of hydrogen-bond donors (Lipinski definition) is 2. The first-order chi connectivity index (χ1) is 10.4. The van der Waals surface area contributed by atoms with Gasteiger partial charge in [0.2, 0.25) is 5.88 Å². The van der Waals surface area contributed by atoms with E-state index in [1.165, 1.54) is 13.3 Å². The van der Waals surface area contributed by atoms with Crippen LogP contribution < -0.4 is 15.8 Å². The first-order valence-corrected chi connectivity index (χ1v) is 6.50. The summed E-state index contributed by atoms with van der Waals surface area (Å²) in [6.07, 6.45) is -2.30. The Labute approximate surface area is 126 Å². The molecule has 0 atom stereocenters. The third kappa shape index (κ3) is 4.51. The van der Waals surface area contributed by atoms with Gasteiger partial charge in [-0.3, -0.25) is 0 Å². The number of methoxy groups -OCH3 is 1. The highest BCUT2D eigenvalue weighted by Crippen LogP contribution is 2.32. The van der Waals surface area contributed by atoms with Crippen LogP contribution in [0, 0.1) is 0 Å². The minimum Gasteiger partial charge on any atom is -0.481 e. The molecule has 5 nitrogen and oxygen atoms in total. The minimum atomic E-state index is -4.47. The molecule has 120 valence electrons. The van der Waals surface area contributed by atoms with Crippen molar-refractivity contribution in [2.75, 3.05) is 18.2 Å². The van der Waals surface area contributed by atoms with Gasteiger partial charge in [0.25, 0.3) is 0 Å². The number of halogens is 3. The monoisotopic (exact) mass is 314 g/mol. The lowest BCUT2D eigenvalue weighted by Gasteiger charge is -2.11. The Hall–Kier alpha value is -2.51. The molecule has 2 rings (SSSR count). The average Bonchev–Trinajstić information content (AvgIpc) is 2.51. The molecule has 22 heavy (non-hydrogen) atoms. The van der Waals surface area contributed by atoms with Crippen LogP contribution in [0.15, 0.2) is 30.6 Å². The van der Waals surface area contributed by atoms with E-state index in [9.17, 15) is 13.2 Å². The van der Waals surface area contributed by atoms with E-state index in [4.69, 9.17) is 10.5 Å². The van der Waals surface area contributed by atoms with E-state index < -0.39 is 11.7 Å². The molecule has 3 N–H and O–H groups in total. The lowest BCUT2D eigenvalue weighted by atomic mass is 10.2. The first-order valence-electron chi connectivity index (χ1n) is 6.50. The molecule has 0 spiro atoms. The quantitative estimate of drug-likeness (QED) is 0.900. The Morgan fingerprint density at radius 2 is 1.82 bits per heavy atom. The second kappa shape index (κ2) is 7.48. The lowest BCUT2D eigenvalue weighted by molar-refractivity contribution is -0.137. The molecule has 0 radical (unpaired) electrons. The molecule has 2 aromatic heterocycles. The van der Waals surface area contributed by atoms with Gasteiger partial charge in [-0.05, 0) is 12.1 Å². The summed E-state index contributed by atoms with van der Waals surface area (Å²) in [5.74, 6) is 0.550. The summed E-state index contributed by atoms with van der Waals surface area (Å²) in [6, 6.07) is 4.07. The van der Waals surface area contributed by atoms with E-state index in [-0.39, 0.29) is 11.5 Å². The first kappa shape index (κ1) is 17.5. The zero-order chi connectivity index (χ0) is 16.8. The Morgan fingerprint density at radius 3 is 2.27 bits per heavy atom. The van der Waals surface area contributed by atoms with Gasteiger partial charge >= 0.3 is 6.18 Å². The number of anilines is 3.